The summed E-state index contributed by atoms with van der Waals surface area (Å²) in [4.78, 5) is 14.5. The Hall–Kier alpha value is -3.37. The highest BCUT2D eigenvalue weighted by Gasteiger charge is 2.30. The Labute approximate surface area is 163 Å². The molecule has 0 radical (unpaired) electrons. The molecule has 0 amide bonds. The summed E-state index contributed by atoms with van der Waals surface area (Å²) >= 11 is 0. The zero-order valence-corrected chi connectivity index (χ0v) is 15.6. The molecular weight excluding hydrogens is 391 g/mol. The highest BCUT2D eigenvalue weighted by atomic mass is 19.4. The molecule has 3 aromatic heterocycles. The van der Waals surface area contributed by atoms with Crippen LogP contribution in [0, 0.1) is 6.92 Å². The Morgan fingerprint density at radius 2 is 2.03 bits per heavy atom. The van der Waals surface area contributed by atoms with Crippen LogP contribution in [0.2, 0.25) is 0 Å². The van der Waals surface area contributed by atoms with Gasteiger partial charge in [0, 0.05) is 36.8 Å². The molecule has 0 spiro atoms. The molecule has 154 valence electrons. The molecule has 0 fully saturated rings. The van der Waals surface area contributed by atoms with Crippen LogP contribution in [-0.2, 0) is 31.0 Å². The topological polar surface area (TPSA) is 95.1 Å². The van der Waals surface area contributed by atoms with Crippen molar-refractivity contribution in [2.75, 3.05) is 0 Å². The number of halogens is 3. The number of carboxylic acid groups (broad SMARTS) is 1. The third kappa shape index (κ3) is 4.92. The summed E-state index contributed by atoms with van der Waals surface area (Å²) in [6.07, 6.45) is -1.74. The summed E-state index contributed by atoms with van der Waals surface area (Å²) in [5, 5.41) is 17.2. The van der Waals surface area contributed by atoms with E-state index < -0.39 is 17.7 Å². The quantitative estimate of drug-likeness (QED) is 0.645. The highest BCUT2D eigenvalue weighted by molar-refractivity contribution is 5.67. The lowest BCUT2D eigenvalue weighted by Crippen LogP contribution is -2.07. The molecule has 3 aromatic rings. The second-order valence-electron chi connectivity index (χ2n) is 6.37. The number of nitrogens with zero attached hydrogens (tertiary/aromatic N) is 5. The maximum atomic E-state index is 12.7. The fourth-order valence-electron chi connectivity index (χ4n) is 2.61. The Morgan fingerprint density at radius 3 is 2.66 bits per heavy atom. The number of hydrogen-bond donors (Lipinski definition) is 1. The van der Waals surface area contributed by atoms with Gasteiger partial charge in [0.05, 0.1) is 17.7 Å². The molecule has 0 atom stereocenters. The molecule has 11 heteroatoms. The van der Waals surface area contributed by atoms with Crippen molar-refractivity contribution in [2.45, 2.75) is 32.5 Å². The molecule has 1 N–H and O–H groups in total. The summed E-state index contributed by atoms with van der Waals surface area (Å²) < 4.78 is 46.6. The Balaban J connectivity index is 1.68. The van der Waals surface area contributed by atoms with E-state index in [9.17, 15) is 18.0 Å². The Morgan fingerprint density at radius 1 is 1.28 bits per heavy atom. The monoisotopic (exact) mass is 409 g/mol. The Bertz CT molecular complexity index is 1010. The van der Waals surface area contributed by atoms with E-state index in [1.165, 1.54) is 10.7 Å². The van der Waals surface area contributed by atoms with Crippen LogP contribution in [0.5, 0.6) is 5.88 Å². The lowest BCUT2D eigenvalue weighted by Gasteiger charge is -2.06. The summed E-state index contributed by atoms with van der Waals surface area (Å²) in [5.74, 6) is -0.303. The van der Waals surface area contributed by atoms with Gasteiger partial charge in [-0.15, -0.1) is 5.10 Å². The van der Waals surface area contributed by atoms with Gasteiger partial charge in [-0.3, -0.25) is 9.48 Å². The summed E-state index contributed by atoms with van der Waals surface area (Å²) in [7, 11) is 1.70. The first-order chi connectivity index (χ1) is 13.6. The molecular formula is C18H18F3N5O3. The predicted octanol–water partition coefficient (Wildman–Crippen LogP) is 2.92. The van der Waals surface area contributed by atoms with E-state index in [-0.39, 0.29) is 18.8 Å². The van der Waals surface area contributed by atoms with Gasteiger partial charge >= 0.3 is 12.1 Å². The SMILES string of the molecule is Cc1nn(-c2ccc(C(F)(F)F)cn2)cc1COc1cc(CCC(=O)O)n(C)n1. The Kier molecular flexibility index (Phi) is 5.57. The van der Waals surface area contributed by atoms with Gasteiger partial charge in [-0.1, -0.05) is 0 Å². The standard InChI is InChI=1S/C18H18F3N5O3/c1-11-12(10-29-16-7-14(25(2)24-16)4-6-17(27)28)9-26(23-11)15-5-3-13(8-22-15)18(19,20)21/h3,5,7-9H,4,6,10H2,1-2H3,(H,27,28). The van der Waals surface area contributed by atoms with Crippen molar-refractivity contribution in [1.29, 1.82) is 0 Å². The lowest BCUT2D eigenvalue weighted by molar-refractivity contribution is -0.138. The minimum atomic E-state index is -4.45. The molecule has 3 heterocycles. The van der Waals surface area contributed by atoms with E-state index in [1.807, 2.05) is 0 Å². The number of aromatic nitrogens is 5. The number of ether oxygens (including phenoxy) is 1. The van der Waals surface area contributed by atoms with Gasteiger partial charge in [-0.05, 0) is 25.5 Å². The smallest absolute Gasteiger partial charge is 0.417 e. The number of aryl methyl sites for hydroxylation is 3. The number of alkyl halides is 3. The summed E-state index contributed by atoms with van der Waals surface area (Å²) in [5.41, 5.74) is 1.24. The third-order valence-electron chi connectivity index (χ3n) is 4.24. The van der Waals surface area contributed by atoms with Crippen LogP contribution in [0.15, 0.2) is 30.6 Å². The van der Waals surface area contributed by atoms with Crippen molar-refractivity contribution < 1.29 is 27.8 Å². The van der Waals surface area contributed by atoms with Crippen molar-refractivity contribution >= 4 is 5.97 Å². The van der Waals surface area contributed by atoms with Crippen molar-refractivity contribution in [3.63, 3.8) is 0 Å². The number of aliphatic carboxylic acids is 1. The lowest BCUT2D eigenvalue weighted by atomic mass is 10.2. The van der Waals surface area contributed by atoms with Crippen LogP contribution in [0.4, 0.5) is 13.2 Å². The van der Waals surface area contributed by atoms with Crippen molar-refractivity contribution in [3.05, 3.63) is 53.1 Å². The first-order valence-corrected chi connectivity index (χ1v) is 8.60. The van der Waals surface area contributed by atoms with Gasteiger partial charge < -0.3 is 9.84 Å². The molecule has 0 aliphatic carbocycles. The van der Waals surface area contributed by atoms with E-state index in [0.29, 0.717) is 23.6 Å². The van der Waals surface area contributed by atoms with E-state index >= 15 is 0 Å². The van der Waals surface area contributed by atoms with Crippen molar-refractivity contribution in [1.82, 2.24) is 24.5 Å². The maximum absolute atomic E-state index is 12.7. The molecule has 0 saturated carbocycles. The predicted molar refractivity (Wildman–Crippen MR) is 94.6 cm³/mol. The van der Waals surface area contributed by atoms with E-state index in [1.54, 1.807) is 30.9 Å². The molecule has 0 aliphatic rings. The van der Waals surface area contributed by atoms with Gasteiger partial charge in [0.2, 0.25) is 5.88 Å². The maximum Gasteiger partial charge on any atom is 0.417 e. The molecule has 3 rings (SSSR count). The number of hydrogen-bond acceptors (Lipinski definition) is 5. The average molecular weight is 409 g/mol. The minimum absolute atomic E-state index is 0.00895. The normalized spacial score (nSPS) is 11.6. The van der Waals surface area contributed by atoms with Crippen LogP contribution in [-0.4, -0.2) is 35.6 Å². The third-order valence-corrected chi connectivity index (χ3v) is 4.24. The second-order valence-corrected chi connectivity index (χ2v) is 6.37. The first kappa shape index (κ1) is 20.4. The van der Waals surface area contributed by atoms with Crippen LogP contribution < -0.4 is 4.74 Å². The van der Waals surface area contributed by atoms with Crippen LogP contribution in [0.3, 0.4) is 0 Å². The van der Waals surface area contributed by atoms with E-state index in [0.717, 1.165) is 18.0 Å². The van der Waals surface area contributed by atoms with Crippen LogP contribution in [0.25, 0.3) is 5.82 Å². The summed E-state index contributed by atoms with van der Waals surface area (Å²) in [6.45, 7) is 1.89. The van der Waals surface area contributed by atoms with Crippen molar-refractivity contribution in [2.24, 2.45) is 7.05 Å². The van der Waals surface area contributed by atoms with Gasteiger partial charge in [-0.25, -0.2) is 9.67 Å². The number of carbonyl (C=O) groups is 1. The fourth-order valence-corrected chi connectivity index (χ4v) is 2.61. The van der Waals surface area contributed by atoms with E-state index in [2.05, 4.69) is 15.2 Å². The zero-order chi connectivity index (χ0) is 21.2. The molecule has 0 aromatic carbocycles. The molecule has 0 aliphatic heterocycles. The zero-order valence-electron chi connectivity index (χ0n) is 15.6. The number of carboxylic acids is 1. The molecule has 0 saturated heterocycles. The largest absolute Gasteiger partial charge is 0.481 e. The van der Waals surface area contributed by atoms with Gasteiger partial charge in [0.15, 0.2) is 5.82 Å². The van der Waals surface area contributed by atoms with Gasteiger partial charge in [0.25, 0.3) is 0 Å². The van der Waals surface area contributed by atoms with Gasteiger partial charge in [-0.2, -0.15) is 18.3 Å². The second kappa shape index (κ2) is 7.94. The molecule has 0 unspecified atom stereocenters. The fraction of sp³-hybridized carbons (Fsp3) is 0.333. The molecule has 29 heavy (non-hydrogen) atoms. The van der Waals surface area contributed by atoms with Crippen LogP contribution >= 0.6 is 0 Å². The number of rotatable bonds is 7. The molecule has 0 bridgehead atoms. The van der Waals surface area contributed by atoms with Crippen molar-refractivity contribution in [3.8, 4) is 11.7 Å². The number of pyridine rings is 1. The highest BCUT2D eigenvalue weighted by Crippen LogP contribution is 2.28. The van der Waals surface area contributed by atoms with E-state index in [4.69, 9.17) is 9.84 Å². The average Bonchev–Trinajstić information content (AvgIpc) is 3.20. The summed E-state index contributed by atoms with van der Waals surface area (Å²) in [6, 6.07) is 3.86. The van der Waals surface area contributed by atoms with Crippen LogP contribution in [0.1, 0.15) is 28.9 Å². The minimum Gasteiger partial charge on any atom is -0.481 e. The first-order valence-electron chi connectivity index (χ1n) is 8.60. The van der Waals surface area contributed by atoms with Gasteiger partial charge in [0.1, 0.15) is 6.61 Å². The molecule has 8 nitrogen and oxygen atoms in total.